The minimum absolute atomic E-state index is 0.565. The van der Waals surface area contributed by atoms with Gasteiger partial charge in [0.1, 0.15) is 5.76 Å². The zero-order valence-electron chi connectivity index (χ0n) is 9.69. The van der Waals surface area contributed by atoms with E-state index in [9.17, 15) is 0 Å². The SMILES string of the molecule is Cc1ccoc1CNCC(C)c1cccs1. The highest BCUT2D eigenvalue weighted by molar-refractivity contribution is 7.10. The second kappa shape index (κ2) is 5.32. The van der Waals surface area contributed by atoms with Gasteiger partial charge in [-0.15, -0.1) is 11.3 Å². The maximum Gasteiger partial charge on any atom is 0.120 e. The molecule has 2 nitrogen and oxygen atoms in total. The van der Waals surface area contributed by atoms with E-state index in [0.29, 0.717) is 5.92 Å². The molecule has 3 heteroatoms. The summed E-state index contributed by atoms with van der Waals surface area (Å²) < 4.78 is 5.38. The molecule has 0 bridgehead atoms. The van der Waals surface area contributed by atoms with Crippen LogP contribution >= 0.6 is 11.3 Å². The van der Waals surface area contributed by atoms with Crippen molar-refractivity contribution in [2.24, 2.45) is 0 Å². The molecule has 0 aliphatic carbocycles. The molecule has 0 spiro atoms. The fourth-order valence-electron chi connectivity index (χ4n) is 1.66. The van der Waals surface area contributed by atoms with Crippen LogP contribution in [0.1, 0.15) is 29.0 Å². The predicted octanol–water partition coefficient (Wildman–Crippen LogP) is 3.54. The average molecular weight is 235 g/mol. The van der Waals surface area contributed by atoms with Gasteiger partial charge in [0.25, 0.3) is 0 Å². The van der Waals surface area contributed by atoms with Crippen molar-refractivity contribution in [2.75, 3.05) is 6.54 Å². The van der Waals surface area contributed by atoms with Gasteiger partial charge in [0, 0.05) is 17.3 Å². The van der Waals surface area contributed by atoms with Crippen LogP contribution in [0, 0.1) is 6.92 Å². The summed E-state index contributed by atoms with van der Waals surface area (Å²) in [5, 5.41) is 5.56. The smallest absolute Gasteiger partial charge is 0.120 e. The molecule has 1 atom stereocenters. The van der Waals surface area contributed by atoms with Gasteiger partial charge in [-0.3, -0.25) is 0 Å². The van der Waals surface area contributed by atoms with Crippen LogP contribution in [-0.2, 0) is 6.54 Å². The Morgan fingerprint density at radius 3 is 2.94 bits per heavy atom. The Balaban J connectivity index is 1.78. The number of hydrogen-bond donors (Lipinski definition) is 1. The number of thiophene rings is 1. The van der Waals surface area contributed by atoms with Crippen LogP contribution in [0.5, 0.6) is 0 Å². The van der Waals surface area contributed by atoms with Crippen LogP contribution in [-0.4, -0.2) is 6.54 Å². The van der Waals surface area contributed by atoms with Crippen LogP contribution in [0.3, 0.4) is 0 Å². The van der Waals surface area contributed by atoms with Gasteiger partial charge >= 0.3 is 0 Å². The van der Waals surface area contributed by atoms with Crippen molar-refractivity contribution in [3.8, 4) is 0 Å². The van der Waals surface area contributed by atoms with E-state index >= 15 is 0 Å². The molecule has 0 saturated carbocycles. The van der Waals surface area contributed by atoms with Crippen molar-refractivity contribution in [1.82, 2.24) is 5.32 Å². The number of aryl methyl sites for hydroxylation is 1. The third-order valence-corrected chi connectivity index (χ3v) is 3.84. The van der Waals surface area contributed by atoms with Crippen molar-refractivity contribution in [1.29, 1.82) is 0 Å². The molecule has 0 saturated heterocycles. The van der Waals surface area contributed by atoms with Gasteiger partial charge in [-0.1, -0.05) is 13.0 Å². The number of hydrogen-bond acceptors (Lipinski definition) is 3. The molecule has 0 aliphatic heterocycles. The molecule has 86 valence electrons. The second-order valence-corrected chi connectivity index (χ2v) is 5.05. The highest BCUT2D eigenvalue weighted by Gasteiger charge is 2.07. The maximum atomic E-state index is 5.38. The number of rotatable bonds is 5. The van der Waals surface area contributed by atoms with E-state index in [1.54, 1.807) is 6.26 Å². The summed E-state index contributed by atoms with van der Waals surface area (Å²) in [6.45, 7) is 6.12. The Morgan fingerprint density at radius 2 is 2.31 bits per heavy atom. The summed E-state index contributed by atoms with van der Waals surface area (Å²) in [6, 6.07) is 6.29. The zero-order valence-corrected chi connectivity index (χ0v) is 10.5. The van der Waals surface area contributed by atoms with Crippen LogP contribution in [0.25, 0.3) is 0 Å². The molecule has 0 aliphatic rings. The molecule has 16 heavy (non-hydrogen) atoms. The van der Waals surface area contributed by atoms with Gasteiger partial charge < -0.3 is 9.73 Å². The summed E-state index contributed by atoms with van der Waals surface area (Å²) in [7, 11) is 0. The monoisotopic (exact) mass is 235 g/mol. The van der Waals surface area contributed by atoms with Gasteiger partial charge in [0.15, 0.2) is 0 Å². The first-order valence-electron chi connectivity index (χ1n) is 5.54. The molecule has 0 aromatic carbocycles. The molecular weight excluding hydrogens is 218 g/mol. The zero-order chi connectivity index (χ0) is 11.4. The summed E-state index contributed by atoms with van der Waals surface area (Å²) in [4.78, 5) is 1.43. The van der Waals surface area contributed by atoms with E-state index in [1.165, 1.54) is 10.4 Å². The summed E-state index contributed by atoms with van der Waals surface area (Å²) in [6.07, 6.45) is 1.75. The molecule has 1 unspecified atom stereocenters. The highest BCUT2D eigenvalue weighted by atomic mass is 32.1. The Labute approximate surface area is 100 Å². The highest BCUT2D eigenvalue weighted by Crippen LogP contribution is 2.19. The third kappa shape index (κ3) is 2.74. The Bertz CT molecular complexity index is 419. The molecule has 0 radical (unpaired) electrons. The Morgan fingerprint density at radius 1 is 1.44 bits per heavy atom. The lowest BCUT2D eigenvalue weighted by Gasteiger charge is -2.10. The van der Waals surface area contributed by atoms with Crippen LogP contribution in [0.15, 0.2) is 34.3 Å². The van der Waals surface area contributed by atoms with Crippen LogP contribution < -0.4 is 5.32 Å². The van der Waals surface area contributed by atoms with E-state index < -0.39 is 0 Å². The van der Waals surface area contributed by atoms with E-state index in [4.69, 9.17) is 4.42 Å². The third-order valence-electron chi connectivity index (χ3n) is 2.73. The first kappa shape index (κ1) is 11.4. The Hall–Kier alpha value is -1.06. The van der Waals surface area contributed by atoms with Gasteiger partial charge in [-0.25, -0.2) is 0 Å². The van der Waals surface area contributed by atoms with Crippen LogP contribution in [0.2, 0.25) is 0 Å². The van der Waals surface area contributed by atoms with E-state index in [2.05, 4.69) is 36.7 Å². The minimum Gasteiger partial charge on any atom is -0.468 e. The fraction of sp³-hybridized carbons (Fsp3) is 0.385. The van der Waals surface area contributed by atoms with Crippen molar-refractivity contribution in [3.63, 3.8) is 0 Å². The fourth-order valence-corrected chi connectivity index (χ4v) is 2.45. The van der Waals surface area contributed by atoms with Crippen molar-refractivity contribution in [2.45, 2.75) is 26.3 Å². The quantitative estimate of drug-likeness (QED) is 0.857. The van der Waals surface area contributed by atoms with Gasteiger partial charge in [-0.05, 0) is 30.0 Å². The number of nitrogens with one attached hydrogen (secondary N) is 1. The van der Waals surface area contributed by atoms with E-state index in [1.807, 2.05) is 17.4 Å². The molecule has 2 rings (SSSR count). The van der Waals surface area contributed by atoms with Gasteiger partial charge in [-0.2, -0.15) is 0 Å². The minimum atomic E-state index is 0.565. The average Bonchev–Trinajstić information content (AvgIpc) is 2.90. The van der Waals surface area contributed by atoms with E-state index in [0.717, 1.165) is 18.8 Å². The molecular formula is C13H17NOS. The van der Waals surface area contributed by atoms with E-state index in [-0.39, 0.29) is 0 Å². The summed E-state index contributed by atoms with van der Waals surface area (Å²) in [5.74, 6) is 1.61. The lowest BCUT2D eigenvalue weighted by Crippen LogP contribution is -2.19. The lowest BCUT2D eigenvalue weighted by atomic mass is 10.1. The molecule has 1 N–H and O–H groups in total. The van der Waals surface area contributed by atoms with Crippen molar-refractivity contribution < 1.29 is 4.42 Å². The van der Waals surface area contributed by atoms with Gasteiger partial charge in [0.2, 0.25) is 0 Å². The van der Waals surface area contributed by atoms with Crippen molar-refractivity contribution >= 4 is 11.3 Å². The summed E-state index contributed by atoms with van der Waals surface area (Å²) in [5.41, 5.74) is 1.22. The standard InChI is InChI=1S/C13H17NOS/c1-10-5-6-15-12(10)9-14-8-11(2)13-4-3-7-16-13/h3-7,11,14H,8-9H2,1-2H3. The molecule has 2 aromatic rings. The lowest BCUT2D eigenvalue weighted by molar-refractivity contribution is 0.474. The second-order valence-electron chi connectivity index (χ2n) is 4.07. The molecule has 2 aromatic heterocycles. The van der Waals surface area contributed by atoms with Gasteiger partial charge in [0.05, 0.1) is 12.8 Å². The first-order valence-corrected chi connectivity index (χ1v) is 6.42. The maximum absolute atomic E-state index is 5.38. The normalized spacial score (nSPS) is 12.9. The largest absolute Gasteiger partial charge is 0.468 e. The first-order chi connectivity index (χ1) is 7.77. The molecule has 0 amide bonds. The predicted molar refractivity (Wildman–Crippen MR) is 67.9 cm³/mol. The topological polar surface area (TPSA) is 25.2 Å². The van der Waals surface area contributed by atoms with Crippen molar-refractivity contribution in [3.05, 3.63) is 46.0 Å². The Kier molecular flexibility index (Phi) is 3.80. The summed E-state index contributed by atoms with van der Waals surface area (Å²) >= 11 is 1.82. The molecule has 2 heterocycles. The molecule has 0 fully saturated rings. The number of furan rings is 1. The van der Waals surface area contributed by atoms with Crippen LogP contribution in [0.4, 0.5) is 0 Å².